The van der Waals surface area contributed by atoms with E-state index >= 15 is 0 Å². The largest absolute Gasteiger partial charge is 0.445 e. The Balaban J connectivity index is 1.88. The van der Waals surface area contributed by atoms with Gasteiger partial charge in [0.05, 0.1) is 12.6 Å². The van der Waals surface area contributed by atoms with Gasteiger partial charge in [0.15, 0.2) is 0 Å². The SMILES string of the molecule is O=C(NC(CO)C(O)c1cccnc1)OCc1ccccc1. The van der Waals surface area contributed by atoms with Crippen LogP contribution in [0.5, 0.6) is 0 Å². The molecule has 2 atom stereocenters. The van der Waals surface area contributed by atoms with E-state index in [1.165, 1.54) is 6.20 Å². The van der Waals surface area contributed by atoms with Gasteiger partial charge in [0.25, 0.3) is 0 Å². The van der Waals surface area contributed by atoms with Crippen molar-refractivity contribution in [3.63, 3.8) is 0 Å². The fraction of sp³-hybridized carbons (Fsp3) is 0.250. The number of carbonyl (C=O) groups excluding carboxylic acids is 1. The van der Waals surface area contributed by atoms with E-state index in [0.717, 1.165) is 5.56 Å². The fourth-order valence-electron chi connectivity index (χ4n) is 1.92. The van der Waals surface area contributed by atoms with Gasteiger partial charge in [-0.3, -0.25) is 4.98 Å². The molecule has 0 aliphatic heterocycles. The number of rotatable bonds is 6. The van der Waals surface area contributed by atoms with Gasteiger partial charge in [0.2, 0.25) is 0 Å². The summed E-state index contributed by atoms with van der Waals surface area (Å²) in [6.07, 6.45) is 1.28. The lowest BCUT2D eigenvalue weighted by molar-refractivity contribution is 0.0761. The maximum Gasteiger partial charge on any atom is 0.407 e. The van der Waals surface area contributed by atoms with E-state index in [9.17, 15) is 15.0 Å². The van der Waals surface area contributed by atoms with Gasteiger partial charge in [-0.15, -0.1) is 0 Å². The van der Waals surface area contributed by atoms with Gasteiger partial charge in [0, 0.05) is 18.0 Å². The Bertz CT molecular complexity index is 577. The maximum atomic E-state index is 11.8. The number of nitrogens with zero attached hydrogens (tertiary/aromatic N) is 1. The lowest BCUT2D eigenvalue weighted by Crippen LogP contribution is -2.42. The number of ether oxygens (including phenoxy) is 1. The Kier molecular flexibility index (Phi) is 5.88. The van der Waals surface area contributed by atoms with Crippen molar-refractivity contribution >= 4 is 6.09 Å². The average molecular weight is 302 g/mol. The summed E-state index contributed by atoms with van der Waals surface area (Å²) in [6.45, 7) is -0.301. The predicted molar refractivity (Wildman–Crippen MR) is 79.8 cm³/mol. The van der Waals surface area contributed by atoms with Gasteiger partial charge >= 0.3 is 6.09 Å². The minimum absolute atomic E-state index is 0.119. The van der Waals surface area contributed by atoms with Gasteiger partial charge in [-0.2, -0.15) is 0 Å². The van der Waals surface area contributed by atoms with Crippen LogP contribution >= 0.6 is 0 Å². The van der Waals surface area contributed by atoms with Gasteiger partial charge in [-0.05, 0) is 11.6 Å². The van der Waals surface area contributed by atoms with Crippen LogP contribution in [-0.2, 0) is 11.3 Å². The van der Waals surface area contributed by atoms with Gasteiger partial charge in [0.1, 0.15) is 12.7 Å². The lowest BCUT2D eigenvalue weighted by Gasteiger charge is -2.22. The third-order valence-corrected chi connectivity index (χ3v) is 3.12. The molecule has 0 fully saturated rings. The van der Waals surface area contributed by atoms with Crippen LogP contribution in [0.2, 0.25) is 0 Å². The number of carbonyl (C=O) groups is 1. The smallest absolute Gasteiger partial charge is 0.407 e. The van der Waals surface area contributed by atoms with Crippen molar-refractivity contribution in [1.29, 1.82) is 0 Å². The Morgan fingerprint density at radius 2 is 2.00 bits per heavy atom. The van der Waals surface area contributed by atoms with E-state index < -0.39 is 24.8 Å². The highest BCUT2D eigenvalue weighted by atomic mass is 16.5. The number of amides is 1. The molecule has 22 heavy (non-hydrogen) atoms. The molecule has 0 spiro atoms. The minimum atomic E-state index is -1.07. The molecule has 116 valence electrons. The molecule has 0 saturated carbocycles. The molecular formula is C16H18N2O4. The first-order valence-electron chi connectivity index (χ1n) is 6.86. The first kappa shape index (κ1) is 15.9. The minimum Gasteiger partial charge on any atom is -0.445 e. The number of hydrogen-bond acceptors (Lipinski definition) is 5. The zero-order chi connectivity index (χ0) is 15.8. The van der Waals surface area contributed by atoms with E-state index in [1.807, 2.05) is 30.3 Å². The summed E-state index contributed by atoms with van der Waals surface area (Å²) in [5, 5.41) is 21.9. The zero-order valence-electron chi connectivity index (χ0n) is 11.9. The van der Waals surface area contributed by atoms with Crippen LogP contribution in [0.25, 0.3) is 0 Å². The molecule has 1 aromatic heterocycles. The van der Waals surface area contributed by atoms with Gasteiger partial charge < -0.3 is 20.3 Å². The summed E-state index contributed by atoms with van der Waals surface area (Å²) < 4.78 is 5.06. The molecule has 2 aromatic rings. The van der Waals surface area contributed by atoms with E-state index in [4.69, 9.17) is 4.74 Å². The van der Waals surface area contributed by atoms with E-state index in [0.29, 0.717) is 5.56 Å². The summed E-state index contributed by atoms with van der Waals surface area (Å²) in [7, 11) is 0. The molecular weight excluding hydrogens is 284 g/mol. The van der Waals surface area contributed by atoms with Crippen LogP contribution in [0, 0.1) is 0 Å². The third kappa shape index (κ3) is 4.54. The van der Waals surface area contributed by atoms with Crippen molar-refractivity contribution in [2.75, 3.05) is 6.61 Å². The van der Waals surface area contributed by atoms with E-state index in [2.05, 4.69) is 10.3 Å². The van der Waals surface area contributed by atoms with Crippen molar-refractivity contribution in [3.8, 4) is 0 Å². The van der Waals surface area contributed by atoms with Crippen molar-refractivity contribution in [1.82, 2.24) is 10.3 Å². The molecule has 1 amide bonds. The second-order valence-corrected chi connectivity index (χ2v) is 4.73. The molecule has 2 rings (SSSR count). The highest BCUT2D eigenvalue weighted by Gasteiger charge is 2.22. The number of aromatic nitrogens is 1. The Morgan fingerprint density at radius 1 is 1.23 bits per heavy atom. The quantitative estimate of drug-likeness (QED) is 0.750. The third-order valence-electron chi connectivity index (χ3n) is 3.12. The van der Waals surface area contributed by atoms with Crippen LogP contribution in [0.3, 0.4) is 0 Å². The number of aliphatic hydroxyl groups excluding tert-OH is 2. The summed E-state index contributed by atoms with van der Waals surface area (Å²) in [5.41, 5.74) is 1.36. The molecule has 0 aliphatic carbocycles. The average Bonchev–Trinajstić information content (AvgIpc) is 2.59. The summed E-state index contributed by atoms with van der Waals surface area (Å²) >= 11 is 0. The molecule has 1 aromatic carbocycles. The molecule has 1 heterocycles. The van der Waals surface area contributed by atoms with Crippen LogP contribution in [0.1, 0.15) is 17.2 Å². The molecule has 0 radical (unpaired) electrons. The Hall–Kier alpha value is -2.44. The van der Waals surface area contributed by atoms with Crippen molar-refractivity contribution in [2.24, 2.45) is 0 Å². The highest BCUT2D eigenvalue weighted by Crippen LogP contribution is 2.15. The molecule has 6 nitrogen and oxygen atoms in total. The Morgan fingerprint density at radius 3 is 2.64 bits per heavy atom. The highest BCUT2D eigenvalue weighted by molar-refractivity contribution is 5.67. The second kappa shape index (κ2) is 8.11. The topological polar surface area (TPSA) is 91.7 Å². The second-order valence-electron chi connectivity index (χ2n) is 4.73. The molecule has 2 unspecified atom stereocenters. The summed E-state index contributed by atoms with van der Waals surface area (Å²) in [6, 6.07) is 11.7. The number of pyridine rings is 1. The van der Waals surface area contributed by atoms with E-state index in [-0.39, 0.29) is 6.61 Å². The van der Waals surface area contributed by atoms with Crippen molar-refractivity contribution in [3.05, 3.63) is 66.0 Å². The number of aliphatic hydroxyl groups is 2. The van der Waals surface area contributed by atoms with E-state index in [1.54, 1.807) is 18.3 Å². The monoisotopic (exact) mass is 302 g/mol. The van der Waals surface area contributed by atoms with Crippen LogP contribution in [-0.4, -0.2) is 33.9 Å². The first-order chi connectivity index (χ1) is 10.7. The fourth-order valence-corrected chi connectivity index (χ4v) is 1.92. The molecule has 0 bridgehead atoms. The normalized spacial score (nSPS) is 13.2. The summed E-state index contributed by atoms with van der Waals surface area (Å²) in [4.78, 5) is 15.6. The maximum absolute atomic E-state index is 11.8. The molecule has 6 heteroatoms. The predicted octanol–water partition coefficient (Wildman–Crippen LogP) is 1.40. The zero-order valence-corrected chi connectivity index (χ0v) is 11.9. The molecule has 3 N–H and O–H groups in total. The lowest BCUT2D eigenvalue weighted by atomic mass is 10.1. The number of hydrogen-bond donors (Lipinski definition) is 3. The number of nitrogens with one attached hydrogen (secondary N) is 1. The summed E-state index contributed by atoms with van der Waals surface area (Å²) in [5.74, 6) is 0. The van der Waals surface area contributed by atoms with Gasteiger partial charge in [-0.1, -0.05) is 36.4 Å². The van der Waals surface area contributed by atoms with Gasteiger partial charge in [-0.25, -0.2) is 4.79 Å². The van der Waals surface area contributed by atoms with Crippen LogP contribution < -0.4 is 5.32 Å². The van der Waals surface area contributed by atoms with Crippen molar-refractivity contribution in [2.45, 2.75) is 18.8 Å². The molecule has 0 saturated heterocycles. The number of benzene rings is 1. The number of alkyl carbamates (subject to hydrolysis) is 1. The van der Waals surface area contributed by atoms with Crippen LogP contribution in [0.15, 0.2) is 54.9 Å². The van der Waals surface area contributed by atoms with Crippen molar-refractivity contribution < 1.29 is 19.7 Å². The Labute approximate surface area is 128 Å². The van der Waals surface area contributed by atoms with Crippen LogP contribution in [0.4, 0.5) is 4.79 Å². The molecule has 0 aliphatic rings. The standard InChI is InChI=1S/C16H18N2O4/c19-10-14(15(20)13-7-4-8-17-9-13)18-16(21)22-11-12-5-2-1-3-6-12/h1-9,14-15,19-20H,10-11H2,(H,18,21). The first-order valence-corrected chi connectivity index (χ1v) is 6.86.